The van der Waals surface area contributed by atoms with Crippen molar-refractivity contribution < 1.29 is 32.4 Å². The molecular formula is C46H73N5O7S. The molecule has 59 heavy (non-hydrogen) atoms. The van der Waals surface area contributed by atoms with E-state index >= 15 is 4.79 Å². The Morgan fingerprint density at radius 3 is 1.98 bits per heavy atom. The van der Waals surface area contributed by atoms with E-state index in [0.717, 1.165) is 64.3 Å². The second kappa shape index (κ2) is 15.3. The third-order valence-corrected chi connectivity index (χ3v) is 18.6. The van der Waals surface area contributed by atoms with E-state index in [1.165, 1.54) is 17.1 Å². The average Bonchev–Trinajstić information content (AvgIpc) is 3.68. The second-order valence-corrected chi connectivity index (χ2v) is 24.1. The predicted molar refractivity (Wildman–Crippen MR) is 227 cm³/mol. The summed E-state index contributed by atoms with van der Waals surface area (Å²) in [6.45, 7) is 22.2. The van der Waals surface area contributed by atoms with Crippen LogP contribution in [0.5, 0.6) is 0 Å². The minimum absolute atomic E-state index is 0.0247. The van der Waals surface area contributed by atoms with E-state index in [9.17, 15) is 27.6 Å². The van der Waals surface area contributed by atoms with Crippen LogP contribution in [0.25, 0.3) is 0 Å². The summed E-state index contributed by atoms with van der Waals surface area (Å²) in [5.41, 5.74) is -2.87. The van der Waals surface area contributed by atoms with Gasteiger partial charge in [-0.15, -0.1) is 6.58 Å². The number of fused-ring (bicyclic) bond motifs is 1. The normalized spacial score (nSPS) is 32.8. The molecule has 7 atom stereocenters. The number of hydrogen-bond acceptors (Lipinski definition) is 8. The van der Waals surface area contributed by atoms with Gasteiger partial charge in [0.1, 0.15) is 0 Å². The fourth-order valence-electron chi connectivity index (χ4n) is 13.0. The van der Waals surface area contributed by atoms with Gasteiger partial charge in [-0.2, -0.15) is 12.7 Å². The molecule has 0 aromatic heterocycles. The molecule has 2 N–H and O–H groups in total. The fraction of sp³-hybridized carbons (Fsp3) is 0.848. The second-order valence-electron chi connectivity index (χ2n) is 22.4. The van der Waals surface area contributed by atoms with Crippen molar-refractivity contribution in [3.63, 3.8) is 0 Å². The summed E-state index contributed by atoms with van der Waals surface area (Å²) in [4.78, 5) is 76.8. The van der Waals surface area contributed by atoms with Crippen molar-refractivity contribution in [3.05, 3.63) is 12.7 Å². The number of allylic oxidation sites excluding steroid dienone is 1. The van der Waals surface area contributed by atoms with Crippen LogP contribution in [0.2, 0.25) is 0 Å². The van der Waals surface area contributed by atoms with Gasteiger partial charge in [-0.3, -0.25) is 28.9 Å². The molecule has 7 aliphatic rings. The first-order valence-electron chi connectivity index (χ1n) is 22.8. The SMILES string of the molecule is C=C[C@@H]1C[C@]1(CC(=O)[C@@H]1C[C@@]2(CN1C(=O)[C@@H](CC(=O)[C@@H](NC(=O)[C@@H]1CCCN1C1CCCC1)C(C)(C)C)C(C)(C)C)C(C)(C)C21CCC1)C(=O)NS(=O)(=O)N1CCCC1. The van der Waals surface area contributed by atoms with E-state index in [-0.39, 0.29) is 64.4 Å². The lowest BCUT2D eigenvalue weighted by molar-refractivity contribution is -0.147. The zero-order valence-corrected chi connectivity index (χ0v) is 38.1. The van der Waals surface area contributed by atoms with Gasteiger partial charge in [0.25, 0.3) is 0 Å². The van der Waals surface area contributed by atoms with Gasteiger partial charge in [0, 0.05) is 49.9 Å². The van der Waals surface area contributed by atoms with E-state index in [1.807, 2.05) is 41.5 Å². The molecule has 3 saturated heterocycles. The number of carbonyl (C=O) groups excluding carboxylic acids is 5. The van der Waals surface area contributed by atoms with Crippen LogP contribution in [0.4, 0.5) is 0 Å². The van der Waals surface area contributed by atoms with Gasteiger partial charge < -0.3 is 10.2 Å². The molecule has 3 amide bonds. The number of likely N-dealkylation sites (tertiary alicyclic amines) is 2. The number of ketones is 2. The van der Waals surface area contributed by atoms with Gasteiger partial charge in [-0.1, -0.05) is 80.7 Å². The van der Waals surface area contributed by atoms with E-state index < -0.39 is 50.4 Å². The van der Waals surface area contributed by atoms with Crippen molar-refractivity contribution in [1.82, 2.24) is 24.1 Å². The molecule has 0 unspecified atom stereocenters. The standard InChI is InChI=1S/C46H73N5O7S/c1-10-30-26-44(30,40(56)48-59(57,58)49-22-13-14-23-49)28-36(53)34-27-46(43(8,9)45(46)20-16-21-45)29-51(34)39(55)32(41(2,3)4)25-35(52)37(42(5,6)7)47-38(54)33-19-15-24-50(33)31-17-11-12-18-31/h10,30-34,37H,1,11-29H2,2-9H3,(H,47,54)(H,48,56)/t30-,32-,33+,34+,37-,44-,46-/m1/s1. The van der Waals surface area contributed by atoms with Gasteiger partial charge in [0.15, 0.2) is 11.6 Å². The third-order valence-electron chi connectivity index (χ3n) is 17.1. The number of carbonyl (C=O) groups is 5. The first kappa shape index (κ1) is 44.4. The maximum Gasteiger partial charge on any atom is 0.303 e. The Balaban J connectivity index is 1.13. The van der Waals surface area contributed by atoms with Gasteiger partial charge in [0.2, 0.25) is 17.7 Å². The van der Waals surface area contributed by atoms with Gasteiger partial charge in [-0.05, 0) is 98.3 Å². The van der Waals surface area contributed by atoms with Crippen molar-refractivity contribution in [1.29, 1.82) is 0 Å². The molecule has 7 rings (SSSR count). The number of Topliss-reactive ketones (excluding diaryl/α,β-unsaturated/α-hetero) is 2. The predicted octanol–water partition coefficient (Wildman–Crippen LogP) is 5.95. The van der Waals surface area contributed by atoms with Crippen LogP contribution < -0.4 is 10.0 Å². The lowest BCUT2D eigenvalue weighted by atomic mass is 9.73. The molecule has 3 heterocycles. The van der Waals surface area contributed by atoms with Crippen LogP contribution in [0.15, 0.2) is 12.7 Å². The van der Waals surface area contributed by atoms with Crippen molar-refractivity contribution >= 4 is 39.5 Å². The van der Waals surface area contributed by atoms with Gasteiger partial charge >= 0.3 is 10.2 Å². The fourth-order valence-corrected chi connectivity index (χ4v) is 14.3. The van der Waals surface area contributed by atoms with Crippen LogP contribution in [-0.2, 0) is 34.2 Å². The number of nitrogens with one attached hydrogen (secondary N) is 2. The summed E-state index contributed by atoms with van der Waals surface area (Å²) in [5.74, 6) is -2.61. The number of amides is 3. The Bertz CT molecular complexity index is 1830. The molecule has 13 heteroatoms. The summed E-state index contributed by atoms with van der Waals surface area (Å²) in [5, 5.41) is 3.19. The van der Waals surface area contributed by atoms with Crippen molar-refractivity contribution in [3.8, 4) is 0 Å². The topological polar surface area (TPSA) is 153 Å². The highest BCUT2D eigenvalue weighted by molar-refractivity contribution is 7.87. The van der Waals surface area contributed by atoms with Crippen LogP contribution >= 0.6 is 0 Å². The Labute approximate surface area is 354 Å². The van der Waals surface area contributed by atoms with Crippen molar-refractivity contribution in [2.75, 3.05) is 26.2 Å². The lowest BCUT2D eigenvalue weighted by Gasteiger charge is -2.38. The lowest BCUT2D eigenvalue weighted by Crippen LogP contribution is -2.56. The smallest absolute Gasteiger partial charge is 0.303 e. The molecule has 0 bridgehead atoms. The molecule has 12 nitrogen and oxygen atoms in total. The Morgan fingerprint density at radius 2 is 1.46 bits per heavy atom. The van der Waals surface area contributed by atoms with E-state index in [1.54, 1.807) is 11.0 Å². The molecule has 330 valence electrons. The molecule has 7 fully saturated rings. The Kier molecular flexibility index (Phi) is 11.5. The van der Waals surface area contributed by atoms with E-state index in [0.29, 0.717) is 38.5 Å². The Morgan fingerprint density at radius 1 is 0.814 bits per heavy atom. The van der Waals surface area contributed by atoms with Crippen molar-refractivity contribution in [2.45, 2.75) is 176 Å². The zero-order chi connectivity index (χ0) is 43.1. The summed E-state index contributed by atoms with van der Waals surface area (Å²) in [7, 11) is -4.06. The largest absolute Gasteiger partial charge is 0.344 e. The minimum atomic E-state index is -4.06. The van der Waals surface area contributed by atoms with Gasteiger partial charge in [-0.25, -0.2) is 4.72 Å². The van der Waals surface area contributed by atoms with Crippen LogP contribution in [0, 0.1) is 44.3 Å². The molecule has 0 aromatic carbocycles. The van der Waals surface area contributed by atoms with E-state index in [2.05, 4.69) is 35.4 Å². The molecule has 4 saturated carbocycles. The number of rotatable bonds is 14. The average molecular weight is 840 g/mol. The summed E-state index contributed by atoms with van der Waals surface area (Å²) in [6, 6.07) is -1.47. The molecular weight excluding hydrogens is 767 g/mol. The van der Waals surface area contributed by atoms with Crippen LogP contribution in [-0.4, -0.2) is 102 Å². The maximum atomic E-state index is 15.3. The third kappa shape index (κ3) is 7.46. The van der Waals surface area contributed by atoms with Gasteiger partial charge in [0.05, 0.1) is 23.5 Å². The summed E-state index contributed by atoms with van der Waals surface area (Å²) >= 11 is 0. The first-order chi connectivity index (χ1) is 27.5. The van der Waals surface area contributed by atoms with Crippen molar-refractivity contribution in [2.24, 2.45) is 44.3 Å². The number of nitrogens with zero attached hydrogens (tertiary/aromatic N) is 3. The van der Waals surface area contributed by atoms with E-state index in [4.69, 9.17) is 0 Å². The Hall–Kier alpha value is -2.64. The highest BCUT2D eigenvalue weighted by atomic mass is 32.2. The molecule has 0 radical (unpaired) electrons. The highest BCUT2D eigenvalue weighted by Crippen LogP contribution is 2.88. The zero-order valence-electron chi connectivity index (χ0n) is 37.3. The quantitative estimate of drug-likeness (QED) is 0.204. The summed E-state index contributed by atoms with van der Waals surface area (Å²) < 4.78 is 30.0. The maximum absolute atomic E-state index is 15.3. The van der Waals surface area contributed by atoms with Crippen LogP contribution in [0.3, 0.4) is 0 Å². The molecule has 2 spiro atoms. The number of hydrogen-bond donors (Lipinski definition) is 2. The molecule has 3 aliphatic heterocycles. The molecule has 0 aromatic rings. The molecule has 4 aliphatic carbocycles. The minimum Gasteiger partial charge on any atom is -0.344 e. The monoisotopic (exact) mass is 840 g/mol. The highest BCUT2D eigenvalue weighted by Gasteiger charge is 2.85. The van der Waals surface area contributed by atoms with Crippen LogP contribution in [0.1, 0.15) is 152 Å². The summed E-state index contributed by atoms with van der Waals surface area (Å²) in [6.07, 6.45) is 13.1. The first-order valence-corrected chi connectivity index (χ1v) is 24.3.